The molecule has 1 N–H and O–H groups in total. The maximum Gasteiger partial charge on any atom is 0.387 e. The van der Waals surface area contributed by atoms with Crippen LogP contribution in [0.5, 0.6) is 17.2 Å². The van der Waals surface area contributed by atoms with E-state index in [1.165, 1.54) is 12.1 Å². The summed E-state index contributed by atoms with van der Waals surface area (Å²) in [7, 11) is 1.55. The Morgan fingerprint density at radius 1 is 1.20 bits per heavy atom. The Bertz CT molecular complexity index is 698. The molecule has 0 fully saturated rings. The average Bonchev–Trinajstić information content (AvgIpc) is 2.58. The number of rotatable bonds is 9. The van der Waals surface area contributed by atoms with Gasteiger partial charge in [0.2, 0.25) is 0 Å². The molecule has 136 valence electrons. The summed E-state index contributed by atoms with van der Waals surface area (Å²) in [6.07, 6.45) is 0.861. The van der Waals surface area contributed by atoms with Gasteiger partial charge in [-0.25, -0.2) is 0 Å². The van der Waals surface area contributed by atoms with Gasteiger partial charge in [0.15, 0.2) is 11.5 Å². The predicted octanol–water partition coefficient (Wildman–Crippen LogP) is 5.35. The number of ether oxygens (including phenoxy) is 3. The highest BCUT2D eigenvalue weighted by molar-refractivity contribution is 6.32. The van der Waals surface area contributed by atoms with Crippen molar-refractivity contribution in [2.75, 3.05) is 19.0 Å². The molecule has 0 aromatic heterocycles. The molecule has 0 aliphatic heterocycles. The number of hydrogen-bond acceptors (Lipinski definition) is 4. The van der Waals surface area contributed by atoms with Gasteiger partial charge in [0, 0.05) is 18.3 Å². The van der Waals surface area contributed by atoms with Crippen molar-refractivity contribution in [1.29, 1.82) is 0 Å². The van der Waals surface area contributed by atoms with E-state index in [-0.39, 0.29) is 5.75 Å². The van der Waals surface area contributed by atoms with E-state index in [1.54, 1.807) is 25.3 Å². The van der Waals surface area contributed by atoms with Crippen LogP contribution in [0.3, 0.4) is 0 Å². The summed E-state index contributed by atoms with van der Waals surface area (Å²) in [6, 6.07) is 9.97. The first-order valence-electron chi connectivity index (χ1n) is 7.81. The van der Waals surface area contributed by atoms with Crippen molar-refractivity contribution in [2.24, 2.45) is 0 Å². The molecular weight excluding hydrogens is 352 g/mol. The first kappa shape index (κ1) is 19.1. The Labute approximate surface area is 150 Å². The lowest BCUT2D eigenvalue weighted by Crippen LogP contribution is -2.04. The van der Waals surface area contributed by atoms with Gasteiger partial charge in [0.05, 0.1) is 18.7 Å². The van der Waals surface area contributed by atoms with Crippen LogP contribution < -0.4 is 19.5 Å². The summed E-state index contributed by atoms with van der Waals surface area (Å²) >= 11 is 6.28. The molecule has 0 atom stereocenters. The van der Waals surface area contributed by atoms with Crippen LogP contribution in [0.2, 0.25) is 5.02 Å². The van der Waals surface area contributed by atoms with Gasteiger partial charge in [0.1, 0.15) is 5.75 Å². The van der Waals surface area contributed by atoms with Gasteiger partial charge < -0.3 is 19.5 Å². The van der Waals surface area contributed by atoms with Gasteiger partial charge >= 0.3 is 6.61 Å². The Kier molecular flexibility index (Phi) is 7.13. The standard InChI is InChI=1S/C18H20ClF2NO3/c1-3-7-24-17-15(19)8-12(9-16(17)23-2)11-22-13-5-4-6-14(10-13)25-18(20)21/h4-6,8-10,18,22H,3,7,11H2,1-2H3. The number of benzene rings is 2. The van der Waals surface area contributed by atoms with E-state index < -0.39 is 6.61 Å². The van der Waals surface area contributed by atoms with E-state index in [0.717, 1.165) is 12.0 Å². The topological polar surface area (TPSA) is 39.7 Å². The minimum absolute atomic E-state index is 0.0962. The van der Waals surface area contributed by atoms with Crippen LogP contribution in [0, 0.1) is 0 Å². The van der Waals surface area contributed by atoms with E-state index in [0.29, 0.717) is 35.4 Å². The first-order chi connectivity index (χ1) is 12.0. The first-order valence-corrected chi connectivity index (χ1v) is 8.19. The van der Waals surface area contributed by atoms with E-state index >= 15 is 0 Å². The zero-order valence-corrected chi connectivity index (χ0v) is 14.8. The molecule has 0 radical (unpaired) electrons. The summed E-state index contributed by atoms with van der Waals surface area (Å²) in [5.41, 5.74) is 1.52. The molecule has 25 heavy (non-hydrogen) atoms. The summed E-state index contributed by atoms with van der Waals surface area (Å²) in [5.74, 6) is 1.16. The molecule has 2 aromatic carbocycles. The van der Waals surface area contributed by atoms with Crippen LogP contribution in [-0.2, 0) is 6.54 Å². The van der Waals surface area contributed by atoms with Crippen LogP contribution in [-0.4, -0.2) is 20.3 Å². The number of halogens is 3. The summed E-state index contributed by atoms with van der Waals surface area (Å²) < 4.78 is 39.9. The van der Waals surface area contributed by atoms with Gasteiger partial charge in [-0.1, -0.05) is 24.6 Å². The second-order valence-corrected chi connectivity index (χ2v) is 5.62. The molecule has 4 nitrogen and oxygen atoms in total. The molecule has 2 aromatic rings. The fraction of sp³-hybridized carbons (Fsp3) is 0.333. The molecule has 0 heterocycles. The Balaban J connectivity index is 2.09. The lowest BCUT2D eigenvalue weighted by molar-refractivity contribution is -0.0498. The van der Waals surface area contributed by atoms with Gasteiger partial charge in [-0.3, -0.25) is 0 Å². The summed E-state index contributed by atoms with van der Waals surface area (Å²) in [5, 5.41) is 3.59. The highest BCUT2D eigenvalue weighted by atomic mass is 35.5. The lowest BCUT2D eigenvalue weighted by Gasteiger charge is -2.15. The van der Waals surface area contributed by atoms with Crippen LogP contribution >= 0.6 is 11.6 Å². The van der Waals surface area contributed by atoms with Crippen LogP contribution in [0.25, 0.3) is 0 Å². The molecule has 0 aliphatic rings. The third-order valence-corrected chi connectivity index (χ3v) is 3.58. The Morgan fingerprint density at radius 2 is 2.00 bits per heavy atom. The molecule has 0 saturated heterocycles. The number of nitrogens with one attached hydrogen (secondary N) is 1. The largest absolute Gasteiger partial charge is 0.493 e. The number of anilines is 1. The number of methoxy groups -OCH3 is 1. The highest BCUT2D eigenvalue weighted by Gasteiger charge is 2.12. The third-order valence-electron chi connectivity index (χ3n) is 3.30. The van der Waals surface area contributed by atoms with Crippen LogP contribution in [0.15, 0.2) is 36.4 Å². The van der Waals surface area contributed by atoms with Crippen LogP contribution in [0.1, 0.15) is 18.9 Å². The van der Waals surface area contributed by atoms with E-state index in [2.05, 4.69) is 10.1 Å². The van der Waals surface area contributed by atoms with Crippen molar-refractivity contribution >= 4 is 17.3 Å². The molecular formula is C18H20ClF2NO3. The molecule has 0 amide bonds. The van der Waals surface area contributed by atoms with Crippen molar-refractivity contribution in [3.05, 3.63) is 47.0 Å². The van der Waals surface area contributed by atoms with Gasteiger partial charge in [0.25, 0.3) is 0 Å². The van der Waals surface area contributed by atoms with Gasteiger partial charge in [-0.05, 0) is 36.2 Å². The van der Waals surface area contributed by atoms with E-state index in [9.17, 15) is 8.78 Å². The Morgan fingerprint density at radius 3 is 2.68 bits per heavy atom. The second kappa shape index (κ2) is 9.32. The summed E-state index contributed by atoms with van der Waals surface area (Å²) in [6.45, 7) is 0.131. The van der Waals surface area contributed by atoms with Crippen molar-refractivity contribution < 1.29 is 23.0 Å². The maximum atomic E-state index is 12.3. The Hall–Kier alpha value is -2.21. The van der Waals surface area contributed by atoms with Gasteiger partial charge in [-0.2, -0.15) is 8.78 Å². The summed E-state index contributed by atoms with van der Waals surface area (Å²) in [4.78, 5) is 0. The molecule has 0 bridgehead atoms. The maximum absolute atomic E-state index is 12.3. The van der Waals surface area contributed by atoms with Crippen molar-refractivity contribution in [2.45, 2.75) is 26.5 Å². The third kappa shape index (κ3) is 5.67. The predicted molar refractivity (Wildman–Crippen MR) is 94.2 cm³/mol. The zero-order chi connectivity index (χ0) is 18.2. The molecule has 7 heteroatoms. The smallest absolute Gasteiger partial charge is 0.387 e. The molecule has 0 unspecified atom stereocenters. The second-order valence-electron chi connectivity index (χ2n) is 5.22. The minimum atomic E-state index is -2.85. The highest BCUT2D eigenvalue weighted by Crippen LogP contribution is 2.36. The minimum Gasteiger partial charge on any atom is -0.493 e. The van der Waals surface area contributed by atoms with Crippen molar-refractivity contribution in [3.8, 4) is 17.2 Å². The number of hydrogen-bond donors (Lipinski definition) is 1. The van der Waals surface area contributed by atoms with Crippen molar-refractivity contribution in [3.63, 3.8) is 0 Å². The normalized spacial score (nSPS) is 10.6. The molecule has 0 spiro atoms. The van der Waals surface area contributed by atoms with E-state index in [4.69, 9.17) is 21.1 Å². The zero-order valence-electron chi connectivity index (χ0n) is 14.0. The lowest BCUT2D eigenvalue weighted by atomic mass is 10.2. The van der Waals surface area contributed by atoms with Crippen molar-refractivity contribution in [1.82, 2.24) is 0 Å². The average molecular weight is 372 g/mol. The quantitative estimate of drug-likeness (QED) is 0.645. The fourth-order valence-electron chi connectivity index (χ4n) is 2.21. The molecule has 0 saturated carbocycles. The number of alkyl halides is 2. The molecule has 0 aliphatic carbocycles. The van der Waals surface area contributed by atoms with E-state index in [1.807, 2.05) is 13.0 Å². The molecule has 2 rings (SSSR count). The SMILES string of the molecule is CCCOc1c(Cl)cc(CNc2cccc(OC(F)F)c2)cc1OC. The van der Waals surface area contributed by atoms with Crippen LogP contribution in [0.4, 0.5) is 14.5 Å². The fourth-order valence-corrected chi connectivity index (χ4v) is 2.49. The van der Waals surface area contributed by atoms with Gasteiger partial charge in [-0.15, -0.1) is 0 Å². The monoisotopic (exact) mass is 371 g/mol.